The lowest BCUT2D eigenvalue weighted by atomic mass is 10.0. The SMILES string of the molecule is O=P(O)(O)C1NCCc2ccccc21. The molecule has 4 nitrogen and oxygen atoms in total. The lowest BCUT2D eigenvalue weighted by molar-refractivity contribution is 0.345. The molecule has 0 amide bonds. The molecule has 1 atom stereocenters. The third-order valence-corrected chi connectivity index (χ3v) is 3.55. The minimum atomic E-state index is -4.08. The van der Waals surface area contributed by atoms with Gasteiger partial charge < -0.3 is 9.79 Å². The van der Waals surface area contributed by atoms with Gasteiger partial charge in [0.1, 0.15) is 5.78 Å². The van der Waals surface area contributed by atoms with Crippen LogP contribution in [0.15, 0.2) is 24.3 Å². The molecule has 0 saturated heterocycles. The summed E-state index contributed by atoms with van der Waals surface area (Å²) in [5, 5.41) is 2.85. The highest BCUT2D eigenvalue weighted by Crippen LogP contribution is 2.51. The summed E-state index contributed by atoms with van der Waals surface area (Å²) in [7, 11) is -4.08. The Balaban J connectivity index is 2.46. The van der Waals surface area contributed by atoms with Gasteiger partial charge in [0.15, 0.2) is 0 Å². The zero-order valence-electron chi connectivity index (χ0n) is 7.55. The smallest absolute Gasteiger partial charge is 0.323 e. The normalized spacial score (nSPS) is 21.7. The molecule has 1 heterocycles. The fourth-order valence-electron chi connectivity index (χ4n) is 1.78. The quantitative estimate of drug-likeness (QED) is 0.609. The summed E-state index contributed by atoms with van der Waals surface area (Å²) >= 11 is 0. The molecule has 1 aliphatic rings. The molecule has 0 bridgehead atoms. The predicted octanol–water partition coefficient (Wildman–Crippen LogP) is 1.01. The average molecular weight is 213 g/mol. The monoisotopic (exact) mass is 213 g/mol. The molecular weight excluding hydrogens is 201 g/mol. The van der Waals surface area contributed by atoms with E-state index in [0.29, 0.717) is 6.54 Å². The Bertz CT molecular complexity index is 387. The zero-order valence-corrected chi connectivity index (χ0v) is 8.45. The first-order chi connectivity index (χ1) is 6.59. The second-order valence-electron chi connectivity index (χ2n) is 3.39. The number of hydrogen-bond donors (Lipinski definition) is 3. The molecule has 0 radical (unpaired) electrons. The van der Waals surface area contributed by atoms with Crippen molar-refractivity contribution in [3.63, 3.8) is 0 Å². The molecule has 1 aromatic rings. The molecule has 1 aliphatic heterocycles. The van der Waals surface area contributed by atoms with Crippen LogP contribution in [-0.2, 0) is 11.0 Å². The Hall–Kier alpha value is -0.670. The topological polar surface area (TPSA) is 69.6 Å². The summed E-state index contributed by atoms with van der Waals surface area (Å²) in [5.41, 5.74) is 1.76. The van der Waals surface area contributed by atoms with Crippen molar-refractivity contribution in [2.75, 3.05) is 6.54 Å². The number of hydrogen-bond acceptors (Lipinski definition) is 2. The minimum absolute atomic E-state index is 0.618. The van der Waals surface area contributed by atoms with Crippen molar-refractivity contribution in [2.24, 2.45) is 0 Å². The Labute approximate surface area is 82.1 Å². The van der Waals surface area contributed by atoms with Gasteiger partial charge in [-0.3, -0.25) is 9.88 Å². The van der Waals surface area contributed by atoms with Gasteiger partial charge >= 0.3 is 7.60 Å². The molecule has 0 saturated carbocycles. The maximum Gasteiger partial charge on any atom is 0.346 e. The van der Waals surface area contributed by atoms with Gasteiger partial charge in [0.2, 0.25) is 0 Å². The van der Waals surface area contributed by atoms with E-state index in [4.69, 9.17) is 9.79 Å². The predicted molar refractivity (Wildman–Crippen MR) is 52.9 cm³/mol. The number of rotatable bonds is 1. The first kappa shape index (κ1) is 9.87. The Morgan fingerprint density at radius 3 is 2.79 bits per heavy atom. The molecule has 1 unspecified atom stereocenters. The number of nitrogens with one attached hydrogen (secondary N) is 1. The Kier molecular flexibility index (Phi) is 2.45. The molecule has 0 aliphatic carbocycles. The van der Waals surface area contributed by atoms with E-state index in [1.54, 1.807) is 12.1 Å². The Morgan fingerprint density at radius 2 is 2.07 bits per heavy atom. The molecule has 2 rings (SSSR count). The van der Waals surface area contributed by atoms with Crippen molar-refractivity contribution in [2.45, 2.75) is 12.2 Å². The highest BCUT2D eigenvalue weighted by Gasteiger charge is 2.33. The molecule has 5 heteroatoms. The van der Waals surface area contributed by atoms with E-state index in [-0.39, 0.29) is 0 Å². The van der Waals surface area contributed by atoms with E-state index in [0.717, 1.165) is 17.5 Å². The molecule has 0 aromatic heterocycles. The number of fused-ring (bicyclic) bond motifs is 1. The number of benzene rings is 1. The van der Waals surface area contributed by atoms with Crippen LogP contribution >= 0.6 is 7.60 Å². The van der Waals surface area contributed by atoms with Crippen LogP contribution in [0.25, 0.3) is 0 Å². The standard InChI is InChI=1S/C9H12NO3P/c11-14(12,13)9-8-4-2-1-3-7(8)5-6-10-9/h1-4,9-10H,5-6H2,(H2,11,12,13). The largest absolute Gasteiger partial charge is 0.346 e. The molecule has 14 heavy (non-hydrogen) atoms. The van der Waals surface area contributed by atoms with Gasteiger partial charge in [-0.1, -0.05) is 24.3 Å². The lowest BCUT2D eigenvalue weighted by Gasteiger charge is -2.27. The molecule has 3 N–H and O–H groups in total. The zero-order chi connectivity index (χ0) is 10.2. The second kappa shape index (κ2) is 3.48. The Morgan fingerprint density at radius 1 is 1.36 bits per heavy atom. The van der Waals surface area contributed by atoms with E-state index < -0.39 is 13.4 Å². The maximum atomic E-state index is 11.2. The van der Waals surface area contributed by atoms with Crippen LogP contribution in [0.3, 0.4) is 0 Å². The van der Waals surface area contributed by atoms with Gasteiger partial charge in [-0.15, -0.1) is 0 Å². The third-order valence-electron chi connectivity index (χ3n) is 2.42. The van der Waals surface area contributed by atoms with Crippen molar-refractivity contribution in [3.05, 3.63) is 35.4 Å². The summed E-state index contributed by atoms with van der Waals surface area (Å²) in [5.74, 6) is -0.826. The molecular formula is C9H12NO3P. The van der Waals surface area contributed by atoms with E-state index >= 15 is 0 Å². The van der Waals surface area contributed by atoms with Gasteiger partial charge in [-0.05, 0) is 17.5 Å². The van der Waals surface area contributed by atoms with Crippen LogP contribution in [0.4, 0.5) is 0 Å². The van der Waals surface area contributed by atoms with E-state index in [9.17, 15) is 4.57 Å². The molecule has 0 fully saturated rings. The summed E-state index contributed by atoms with van der Waals surface area (Å²) in [4.78, 5) is 18.3. The third kappa shape index (κ3) is 1.74. The van der Waals surface area contributed by atoms with Crippen molar-refractivity contribution < 1.29 is 14.4 Å². The van der Waals surface area contributed by atoms with E-state index in [1.807, 2.05) is 12.1 Å². The van der Waals surface area contributed by atoms with Crippen LogP contribution < -0.4 is 5.32 Å². The van der Waals surface area contributed by atoms with Crippen LogP contribution in [-0.4, -0.2) is 16.3 Å². The highest BCUT2D eigenvalue weighted by atomic mass is 31.2. The van der Waals surface area contributed by atoms with Crippen molar-refractivity contribution in [3.8, 4) is 0 Å². The average Bonchev–Trinajstić information content (AvgIpc) is 2.15. The molecule has 1 aromatic carbocycles. The molecule has 76 valence electrons. The van der Waals surface area contributed by atoms with Crippen molar-refractivity contribution in [1.82, 2.24) is 5.32 Å². The van der Waals surface area contributed by atoms with Gasteiger partial charge in [0.05, 0.1) is 0 Å². The minimum Gasteiger partial charge on any atom is -0.323 e. The summed E-state index contributed by atoms with van der Waals surface area (Å²) in [6.45, 7) is 0.618. The van der Waals surface area contributed by atoms with Crippen LogP contribution in [0.1, 0.15) is 16.9 Å². The van der Waals surface area contributed by atoms with Gasteiger partial charge in [0, 0.05) is 6.54 Å². The van der Waals surface area contributed by atoms with Gasteiger partial charge in [-0.2, -0.15) is 0 Å². The summed E-state index contributed by atoms with van der Waals surface area (Å²) in [6, 6.07) is 7.37. The van der Waals surface area contributed by atoms with Crippen LogP contribution in [0.5, 0.6) is 0 Å². The molecule has 0 spiro atoms. The highest BCUT2D eigenvalue weighted by molar-refractivity contribution is 7.52. The maximum absolute atomic E-state index is 11.2. The summed E-state index contributed by atoms with van der Waals surface area (Å²) < 4.78 is 11.2. The van der Waals surface area contributed by atoms with Gasteiger partial charge in [0.25, 0.3) is 0 Å². The van der Waals surface area contributed by atoms with E-state index in [2.05, 4.69) is 5.32 Å². The van der Waals surface area contributed by atoms with Crippen molar-refractivity contribution in [1.29, 1.82) is 0 Å². The van der Waals surface area contributed by atoms with Crippen LogP contribution in [0.2, 0.25) is 0 Å². The fourth-order valence-corrected chi connectivity index (χ4v) is 2.76. The second-order valence-corrected chi connectivity index (χ2v) is 5.09. The first-order valence-electron chi connectivity index (χ1n) is 4.45. The lowest BCUT2D eigenvalue weighted by Crippen LogP contribution is -2.29. The van der Waals surface area contributed by atoms with Crippen LogP contribution in [0, 0.1) is 0 Å². The van der Waals surface area contributed by atoms with E-state index in [1.165, 1.54) is 0 Å². The first-order valence-corrected chi connectivity index (χ1v) is 6.13. The summed E-state index contributed by atoms with van der Waals surface area (Å²) in [6.07, 6.45) is 0.826. The fraction of sp³-hybridized carbons (Fsp3) is 0.333. The van der Waals surface area contributed by atoms with Gasteiger partial charge in [-0.25, -0.2) is 0 Å². The van der Waals surface area contributed by atoms with Crippen molar-refractivity contribution >= 4 is 7.60 Å².